The first-order chi connectivity index (χ1) is 24.4. The first-order valence-corrected chi connectivity index (χ1v) is 12.9. The number of aliphatic hydroxyl groups is 5. The summed E-state index contributed by atoms with van der Waals surface area (Å²) in [6.45, 7) is 5.81. The van der Waals surface area contributed by atoms with Gasteiger partial charge >= 0.3 is 0 Å². The van der Waals surface area contributed by atoms with E-state index in [0.717, 1.165) is 44.3 Å². The van der Waals surface area contributed by atoms with Gasteiger partial charge < -0.3 is 39.7 Å². The van der Waals surface area contributed by atoms with Gasteiger partial charge in [-0.1, -0.05) is 29.5 Å². The molecule has 1 aromatic heterocycles. The standard InChI is InChI=1S/C18H33N3O7.C2H6O.H2O3.8H2O2/c1-2-21-10-13(19-20-21)12-26-8-6-4-3-5-7-9-27-18-17(25)16(24)15(23)14(11-22)28-18;1-2-3;1-3-2;8*1-2/h10,14-18,22-25H,2-9,11-12H2,1H3;3H,2H2,1H3;1-2H;8*1-2H. The average molecular weight is 772 g/mol. The van der Waals surface area contributed by atoms with E-state index >= 15 is 0 Å². The van der Waals surface area contributed by atoms with E-state index < -0.39 is 37.3 Å². The molecule has 2 rings (SSSR count). The van der Waals surface area contributed by atoms with Crippen molar-refractivity contribution < 1.29 is 139 Å². The van der Waals surface area contributed by atoms with Gasteiger partial charge in [0.15, 0.2) is 6.29 Å². The van der Waals surface area contributed by atoms with Crippen LogP contribution >= 0.6 is 0 Å². The third-order valence-electron chi connectivity index (χ3n) is 4.72. The van der Waals surface area contributed by atoms with E-state index in [4.69, 9.17) is 119 Å². The number of aliphatic hydroxyl groups excluding tert-OH is 5. The molecule has 0 radical (unpaired) electrons. The Morgan fingerprint density at radius 2 is 1.06 bits per heavy atom. The molecule has 5 unspecified atom stereocenters. The topological polar surface area (TPSA) is 533 Å². The lowest BCUT2D eigenvalue weighted by Gasteiger charge is -2.39. The summed E-state index contributed by atoms with van der Waals surface area (Å²) in [4.78, 5) is 0. The molecule has 0 bridgehead atoms. The summed E-state index contributed by atoms with van der Waals surface area (Å²) in [6, 6.07) is 0. The molecule has 1 fully saturated rings. The van der Waals surface area contributed by atoms with Gasteiger partial charge in [-0.3, -0.25) is 88.8 Å². The SMILES string of the molecule is CCO.CCn1cc(COCCCCCCCOC2OC(CO)C(O)C(O)C2O)nn1.OO.OO.OO.OO.OO.OO.OO.OO.OOO. The zero-order valence-corrected chi connectivity index (χ0v) is 27.0. The predicted molar refractivity (Wildman–Crippen MR) is 159 cm³/mol. The van der Waals surface area contributed by atoms with E-state index in [1.165, 1.54) is 0 Å². The van der Waals surface area contributed by atoms with Gasteiger partial charge in [-0.25, -0.2) is 10.5 Å². The fourth-order valence-corrected chi connectivity index (χ4v) is 2.98. The second-order valence-corrected chi connectivity index (χ2v) is 7.35. The summed E-state index contributed by atoms with van der Waals surface area (Å²) in [5.74, 6) is 0. The maximum absolute atomic E-state index is 9.88. The summed E-state index contributed by atoms with van der Waals surface area (Å²) >= 11 is 0. The van der Waals surface area contributed by atoms with Gasteiger partial charge in [-0.15, -0.1) is 5.10 Å². The maximum Gasteiger partial charge on any atom is 0.186 e. The fraction of sp³-hybridized carbons (Fsp3) is 0.900. The van der Waals surface area contributed by atoms with Crippen molar-refractivity contribution in [3.8, 4) is 0 Å². The molecule has 0 aromatic carbocycles. The van der Waals surface area contributed by atoms with Crippen LogP contribution in [0.5, 0.6) is 0 Å². The lowest BCUT2D eigenvalue weighted by atomic mass is 9.99. The van der Waals surface area contributed by atoms with Crippen LogP contribution in [-0.4, -0.2) is 192 Å². The van der Waals surface area contributed by atoms with Gasteiger partial charge in [-0.2, -0.15) is 0 Å². The second kappa shape index (κ2) is 72.7. The van der Waals surface area contributed by atoms with E-state index in [0.29, 0.717) is 19.8 Å². The van der Waals surface area contributed by atoms with Crippen molar-refractivity contribution >= 4 is 0 Å². The third-order valence-corrected chi connectivity index (χ3v) is 4.72. The van der Waals surface area contributed by atoms with Crippen molar-refractivity contribution in [2.75, 3.05) is 26.4 Å². The quantitative estimate of drug-likeness (QED) is 0.0693. The first kappa shape index (κ1) is 69.8. The van der Waals surface area contributed by atoms with Crippen LogP contribution in [0.3, 0.4) is 0 Å². The molecule has 0 aliphatic carbocycles. The molecule has 0 spiro atoms. The Bertz CT molecular complexity index is 597. The van der Waals surface area contributed by atoms with Crippen molar-refractivity contribution in [3.05, 3.63) is 11.9 Å². The van der Waals surface area contributed by atoms with Crippen LogP contribution in [0.4, 0.5) is 0 Å². The van der Waals surface area contributed by atoms with Crippen LogP contribution in [0, 0.1) is 0 Å². The third kappa shape index (κ3) is 48.2. The number of rotatable bonds is 13. The predicted octanol–water partition coefficient (Wildman–Crippen LogP) is -0.332. The minimum atomic E-state index is -1.40. The van der Waals surface area contributed by atoms with Crippen LogP contribution in [0.15, 0.2) is 6.20 Å². The Kier molecular flexibility index (Phi) is 101. The van der Waals surface area contributed by atoms with Gasteiger partial charge in [0.05, 0.1) is 19.4 Å². The first-order valence-electron chi connectivity index (χ1n) is 12.9. The molecule has 5 atom stereocenters. The molecular formula is C20H57N3O27. The van der Waals surface area contributed by atoms with Gasteiger partial charge in [0, 0.05) is 26.4 Å². The average Bonchev–Trinajstić information content (AvgIpc) is 3.67. The molecule has 30 nitrogen and oxygen atoms in total. The number of ether oxygens (including phenoxy) is 3. The lowest BCUT2D eigenvalue weighted by molar-refractivity contribution is -0.465. The minimum absolute atomic E-state index is 0.250. The number of aromatic nitrogens is 3. The molecular weight excluding hydrogens is 714 g/mol. The van der Waals surface area contributed by atoms with Crippen molar-refractivity contribution in [2.45, 2.75) is 89.8 Å². The monoisotopic (exact) mass is 771 g/mol. The largest absolute Gasteiger partial charge is 0.397 e. The lowest BCUT2D eigenvalue weighted by Crippen LogP contribution is -2.59. The summed E-state index contributed by atoms with van der Waals surface area (Å²) in [5.41, 5.74) is 0.840. The molecule has 23 N–H and O–H groups in total. The summed E-state index contributed by atoms with van der Waals surface area (Å²) in [5, 5.41) is 165. The van der Waals surface area contributed by atoms with Crippen LogP contribution < -0.4 is 0 Å². The Balaban J connectivity index is -0.0000000920. The Labute approximate surface area is 283 Å². The van der Waals surface area contributed by atoms with Gasteiger partial charge in [0.2, 0.25) is 0 Å². The second-order valence-electron chi connectivity index (χ2n) is 7.35. The Hall–Kier alpha value is -1.94. The van der Waals surface area contributed by atoms with Gasteiger partial charge in [-0.05, 0) is 26.7 Å². The van der Waals surface area contributed by atoms with Crippen LogP contribution in [0.25, 0.3) is 0 Å². The van der Waals surface area contributed by atoms with E-state index in [-0.39, 0.29) is 6.61 Å². The zero-order chi connectivity index (χ0) is 41.8. The van der Waals surface area contributed by atoms with Gasteiger partial charge in [0.25, 0.3) is 0 Å². The smallest absolute Gasteiger partial charge is 0.186 e. The molecule has 1 saturated heterocycles. The maximum atomic E-state index is 9.88. The Morgan fingerprint density at radius 1 is 0.660 bits per heavy atom. The molecule has 1 aliphatic heterocycles. The van der Waals surface area contributed by atoms with Crippen molar-refractivity contribution in [1.82, 2.24) is 15.0 Å². The summed E-state index contributed by atoms with van der Waals surface area (Å²) in [6.07, 6.45) is 0.597. The number of unbranched alkanes of at least 4 members (excludes halogenated alkanes) is 4. The van der Waals surface area contributed by atoms with E-state index in [1.54, 1.807) is 11.6 Å². The highest BCUT2D eigenvalue weighted by molar-refractivity contribution is 4.89. The van der Waals surface area contributed by atoms with Crippen molar-refractivity contribution in [1.29, 1.82) is 0 Å². The van der Waals surface area contributed by atoms with Crippen LogP contribution in [-0.2, 0) is 32.4 Å². The van der Waals surface area contributed by atoms with Crippen LogP contribution in [0.2, 0.25) is 0 Å². The number of hydrogen-bond acceptors (Lipinski definition) is 29. The van der Waals surface area contributed by atoms with E-state index in [1.807, 2.05) is 13.1 Å². The highest BCUT2D eigenvalue weighted by Crippen LogP contribution is 2.22. The highest BCUT2D eigenvalue weighted by Gasteiger charge is 2.43. The Morgan fingerprint density at radius 3 is 1.44 bits per heavy atom. The van der Waals surface area contributed by atoms with Crippen molar-refractivity contribution in [2.24, 2.45) is 0 Å². The fourth-order valence-electron chi connectivity index (χ4n) is 2.98. The summed E-state index contributed by atoms with van der Waals surface area (Å²) < 4.78 is 18.1. The molecule has 1 aromatic rings. The van der Waals surface area contributed by atoms with Gasteiger partial charge in [0.1, 0.15) is 30.1 Å². The molecule has 314 valence electrons. The molecule has 2 heterocycles. The zero-order valence-electron chi connectivity index (χ0n) is 27.0. The van der Waals surface area contributed by atoms with Crippen molar-refractivity contribution in [3.63, 3.8) is 0 Å². The van der Waals surface area contributed by atoms with Crippen LogP contribution in [0.1, 0.15) is 51.6 Å². The molecule has 1 aliphatic rings. The van der Waals surface area contributed by atoms with E-state index in [2.05, 4.69) is 15.4 Å². The molecule has 0 amide bonds. The highest BCUT2D eigenvalue weighted by atomic mass is 17.4. The van der Waals surface area contributed by atoms with E-state index in [9.17, 15) is 15.3 Å². The molecule has 30 heteroatoms. The normalized spacial score (nSPS) is 17.3. The number of aryl methyl sites for hydroxylation is 1. The molecule has 0 saturated carbocycles. The summed E-state index contributed by atoms with van der Waals surface area (Å²) in [7, 11) is 0. The molecule has 50 heavy (non-hydrogen) atoms. The minimum Gasteiger partial charge on any atom is -0.397 e. The number of nitrogens with zero attached hydrogens (tertiary/aromatic N) is 3. The number of hydrogen-bond donors (Lipinski definition) is 23.